The second kappa shape index (κ2) is 7.94. The molecular formula is C21H29NO3. The molecule has 0 radical (unpaired) electrons. The maximum atomic E-state index is 12.3. The molecule has 0 spiro atoms. The Labute approximate surface area is 150 Å². The molecule has 2 aliphatic carbocycles. The van der Waals surface area contributed by atoms with Crippen molar-refractivity contribution in [1.29, 1.82) is 0 Å². The van der Waals surface area contributed by atoms with Crippen molar-refractivity contribution in [2.75, 3.05) is 13.7 Å². The van der Waals surface area contributed by atoms with E-state index in [0.717, 1.165) is 17.4 Å². The molecule has 1 N–H and O–H groups in total. The third kappa shape index (κ3) is 4.17. The minimum Gasteiger partial charge on any atom is -0.493 e. The maximum absolute atomic E-state index is 12.3. The van der Waals surface area contributed by atoms with Gasteiger partial charge in [0, 0.05) is 6.04 Å². The molecule has 1 aromatic carbocycles. The molecule has 136 valence electrons. The zero-order valence-electron chi connectivity index (χ0n) is 15.5. The quantitative estimate of drug-likeness (QED) is 0.812. The van der Waals surface area contributed by atoms with Crippen LogP contribution in [0.2, 0.25) is 0 Å². The van der Waals surface area contributed by atoms with Gasteiger partial charge < -0.3 is 14.8 Å². The predicted octanol–water partition coefficient (Wildman–Crippen LogP) is 4.05. The normalized spacial score (nSPS) is 26.0. The third-order valence-corrected chi connectivity index (χ3v) is 5.73. The van der Waals surface area contributed by atoms with Crippen LogP contribution in [-0.2, 0) is 4.79 Å². The number of benzene rings is 1. The van der Waals surface area contributed by atoms with Crippen LogP contribution in [0.3, 0.4) is 0 Å². The minimum atomic E-state index is -0.0603. The summed E-state index contributed by atoms with van der Waals surface area (Å²) in [6.07, 6.45) is 9.32. The van der Waals surface area contributed by atoms with Crippen molar-refractivity contribution in [1.82, 2.24) is 5.32 Å². The average Bonchev–Trinajstić information content (AvgIpc) is 3.24. The van der Waals surface area contributed by atoms with E-state index in [2.05, 4.69) is 12.2 Å². The molecule has 4 atom stereocenters. The summed E-state index contributed by atoms with van der Waals surface area (Å²) >= 11 is 0. The van der Waals surface area contributed by atoms with Crippen LogP contribution in [0.15, 0.2) is 24.3 Å². The summed E-state index contributed by atoms with van der Waals surface area (Å²) in [5.74, 6) is 3.52. The summed E-state index contributed by atoms with van der Waals surface area (Å²) in [6, 6.07) is 5.94. The first-order valence-corrected chi connectivity index (χ1v) is 9.33. The van der Waals surface area contributed by atoms with Crippen molar-refractivity contribution < 1.29 is 14.3 Å². The van der Waals surface area contributed by atoms with E-state index in [0.29, 0.717) is 17.4 Å². The molecule has 1 amide bonds. The predicted molar refractivity (Wildman–Crippen MR) is 99.7 cm³/mol. The van der Waals surface area contributed by atoms with Gasteiger partial charge in [0.05, 0.1) is 7.11 Å². The van der Waals surface area contributed by atoms with Crippen molar-refractivity contribution in [3.63, 3.8) is 0 Å². The van der Waals surface area contributed by atoms with Crippen molar-refractivity contribution in [3.05, 3.63) is 29.8 Å². The van der Waals surface area contributed by atoms with Crippen molar-refractivity contribution in [2.45, 2.75) is 45.6 Å². The van der Waals surface area contributed by atoms with Crippen LogP contribution in [0.5, 0.6) is 11.5 Å². The van der Waals surface area contributed by atoms with Gasteiger partial charge in [0.25, 0.3) is 5.91 Å². The van der Waals surface area contributed by atoms with E-state index >= 15 is 0 Å². The molecule has 0 heterocycles. The zero-order valence-corrected chi connectivity index (χ0v) is 15.5. The van der Waals surface area contributed by atoms with Crippen LogP contribution in [0.4, 0.5) is 0 Å². The second-order valence-corrected chi connectivity index (χ2v) is 7.39. The van der Waals surface area contributed by atoms with Gasteiger partial charge in [0.1, 0.15) is 0 Å². The molecule has 0 aliphatic heterocycles. The Kier molecular flexibility index (Phi) is 5.67. The van der Waals surface area contributed by atoms with Gasteiger partial charge >= 0.3 is 0 Å². The molecule has 1 aromatic rings. The number of allylic oxidation sites excluding steroid dienone is 1. The Balaban J connectivity index is 1.52. The van der Waals surface area contributed by atoms with E-state index in [1.807, 2.05) is 37.3 Å². The molecule has 4 nitrogen and oxygen atoms in total. The van der Waals surface area contributed by atoms with Crippen molar-refractivity contribution in [2.24, 2.45) is 17.8 Å². The number of hydrogen-bond donors (Lipinski definition) is 1. The monoisotopic (exact) mass is 343 g/mol. The summed E-state index contributed by atoms with van der Waals surface area (Å²) < 4.78 is 11.1. The molecule has 2 bridgehead atoms. The maximum Gasteiger partial charge on any atom is 0.258 e. The topological polar surface area (TPSA) is 47.6 Å². The fraction of sp³-hybridized carbons (Fsp3) is 0.571. The fourth-order valence-corrected chi connectivity index (χ4v) is 4.55. The molecule has 2 fully saturated rings. The van der Waals surface area contributed by atoms with Gasteiger partial charge in [-0.1, -0.05) is 24.6 Å². The Morgan fingerprint density at radius 2 is 2.16 bits per heavy atom. The van der Waals surface area contributed by atoms with E-state index in [4.69, 9.17) is 9.47 Å². The summed E-state index contributed by atoms with van der Waals surface area (Å²) in [5.41, 5.74) is 1.04. The molecule has 2 aliphatic rings. The van der Waals surface area contributed by atoms with Crippen molar-refractivity contribution >= 4 is 12.0 Å². The number of ether oxygens (including phenoxy) is 2. The Hall–Kier alpha value is -1.97. The van der Waals surface area contributed by atoms with Gasteiger partial charge in [-0.25, -0.2) is 0 Å². The lowest BCUT2D eigenvalue weighted by Gasteiger charge is -2.28. The van der Waals surface area contributed by atoms with Crippen LogP contribution < -0.4 is 14.8 Å². The SMILES string of the molecule is C/C=C/c1ccc(OCC(=O)NC(C)C2CC3CCC2C3)c(OC)c1. The third-order valence-electron chi connectivity index (χ3n) is 5.73. The van der Waals surface area contributed by atoms with E-state index in [9.17, 15) is 4.79 Å². The number of hydrogen-bond acceptors (Lipinski definition) is 3. The summed E-state index contributed by atoms with van der Waals surface area (Å²) in [4.78, 5) is 12.3. The lowest BCUT2D eigenvalue weighted by molar-refractivity contribution is -0.124. The molecule has 4 unspecified atom stereocenters. The Morgan fingerprint density at radius 3 is 2.80 bits per heavy atom. The van der Waals surface area contributed by atoms with Crippen LogP contribution in [-0.4, -0.2) is 25.7 Å². The molecule has 0 aromatic heterocycles. The first-order chi connectivity index (χ1) is 12.1. The standard InChI is InChI=1S/C21H29NO3/c1-4-5-15-7-9-19(20(12-15)24-3)25-13-21(23)22-14(2)18-11-16-6-8-17(18)10-16/h4-5,7,9,12,14,16-18H,6,8,10-11,13H2,1-3H3,(H,22,23)/b5-4+. The number of fused-ring (bicyclic) bond motifs is 2. The summed E-state index contributed by atoms with van der Waals surface area (Å²) in [5, 5.41) is 3.13. The first kappa shape index (κ1) is 17.8. The van der Waals surface area contributed by atoms with E-state index in [1.165, 1.54) is 25.7 Å². The highest BCUT2D eigenvalue weighted by molar-refractivity contribution is 5.78. The van der Waals surface area contributed by atoms with E-state index in [-0.39, 0.29) is 18.6 Å². The molecule has 25 heavy (non-hydrogen) atoms. The zero-order chi connectivity index (χ0) is 17.8. The number of amides is 1. The molecule has 2 saturated carbocycles. The highest BCUT2D eigenvalue weighted by Gasteiger charge is 2.42. The summed E-state index contributed by atoms with van der Waals surface area (Å²) in [6.45, 7) is 4.12. The molecule has 0 saturated heterocycles. The van der Waals surface area contributed by atoms with Crippen LogP contribution >= 0.6 is 0 Å². The van der Waals surface area contributed by atoms with Gasteiger partial charge in [0.2, 0.25) is 0 Å². The second-order valence-electron chi connectivity index (χ2n) is 7.39. The lowest BCUT2D eigenvalue weighted by Crippen LogP contribution is -2.42. The number of nitrogens with one attached hydrogen (secondary N) is 1. The highest BCUT2D eigenvalue weighted by atomic mass is 16.5. The fourth-order valence-electron chi connectivity index (χ4n) is 4.55. The lowest BCUT2D eigenvalue weighted by atomic mass is 9.84. The Morgan fingerprint density at radius 1 is 1.32 bits per heavy atom. The molecule has 3 rings (SSSR count). The smallest absolute Gasteiger partial charge is 0.258 e. The first-order valence-electron chi connectivity index (χ1n) is 9.33. The summed E-state index contributed by atoms with van der Waals surface area (Å²) in [7, 11) is 1.61. The Bertz CT molecular complexity index is 640. The number of methoxy groups -OCH3 is 1. The largest absolute Gasteiger partial charge is 0.493 e. The van der Waals surface area contributed by atoms with Gasteiger partial charge in [-0.2, -0.15) is 0 Å². The van der Waals surface area contributed by atoms with Crippen LogP contribution in [0.1, 0.15) is 45.1 Å². The van der Waals surface area contributed by atoms with Gasteiger partial charge in [-0.05, 0) is 68.6 Å². The molecule has 4 heteroatoms. The van der Waals surface area contributed by atoms with Gasteiger partial charge in [0.15, 0.2) is 18.1 Å². The van der Waals surface area contributed by atoms with E-state index < -0.39 is 0 Å². The van der Waals surface area contributed by atoms with E-state index in [1.54, 1.807) is 7.11 Å². The number of rotatable bonds is 7. The van der Waals surface area contributed by atoms with Crippen LogP contribution in [0, 0.1) is 17.8 Å². The minimum absolute atomic E-state index is 0.0183. The highest BCUT2D eigenvalue weighted by Crippen LogP contribution is 2.49. The van der Waals surface area contributed by atoms with Gasteiger partial charge in [-0.3, -0.25) is 4.79 Å². The number of carbonyl (C=O) groups excluding carboxylic acids is 1. The number of carbonyl (C=O) groups is 1. The molecular weight excluding hydrogens is 314 g/mol. The van der Waals surface area contributed by atoms with Crippen molar-refractivity contribution in [3.8, 4) is 11.5 Å². The average molecular weight is 343 g/mol. The van der Waals surface area contributed by atoms with Gasteiger partial charge in [-0.15, -0.1) is 0 Å². The van der Waals surface area contributed by atoms with Crippen LogP contribution in [0.25, 0.3) is 6.08 Å².